The summed E-state index contributed by atoms with van der Waals surface area (Å²) in [6, 6.07) is 3.83. The molecule has 0 bridgehead atoms. The Morgan fingerprint density at radius 2 is 1.91 bits per heavy atom. The van der Waals surface area contributed by atoms with Crippen molar-refractivity contribution in [3.8, 4) is 11.5 Å². The van der Waals surface area contributed by atoms with Gasteiger partial charge in [0.15, 0.2) is 11.5 Å². The van der Waals surface area contributed by atoms with Crippen LogP contribution in [0.25, 0.3) is 0 Å². The number of hydrogen-bond donors (Lipinski definition) is 0. The molecule has 11 heavy (non-hydrogen) atoms. The lowest BCUT2D eigenvalue weighted by Gasteiger charge is -1.99. The third-order valence-corrected chi connectivity index (χ3v) is 2.55. The molecule has 2 nitrogen and oxygen atoms in total. The van der Waals surface area contributed by atoms with E-state index in [0.29, 0.717) is 6.79 Å². The minimum Gasteiger partial charge on any atom is -0.454 e. The van der Waals surface area contributed by atoms with Gasteiger partial charge in [0.1, 0.15) is 0 Å². The predicted molar refractivity (Wildman–Crippen MR) is 49.7 cm³/mol. The first kappa shape index (κ1) is 7.21. The van der Waals surface area contributed by atoms with Crippen molar-refractivity contribution in [1.82, 2.24) is 0 Å². The minimum atomic E-state index is 0.328. The molecule has 0 saturated carbocycles. The van der Waals surface area contributed by atoms with Crippen molar-refractivity contribution in [2.75, 3.05) is 6.79 Å². The number of halogens is 1. The molecular formula is C8H6IO2. The molecule has 0 amide bonds. The summed E-state index contributed by atoms with van der Waals surface area (Å²) in [5, 5.41) is 0. The van der Waals surface area contributed by atoms with Crippen LogP contribution in [0.15, 0.2) is 12.1 Å². The van der Waals surface area contributed by atoms with Crippen LogP contribution in [-0.4, -0.2) is 6.79 Å². The molecule has 1 aromatic rings. The maximum atomic E-state index is 5.18. The fraction of sp³-hybridized carbons (Fsp3) is 0.125. The molecule has 1 aromatic carbocycles. The Balaban J connectivity index is 2.57. The summed E-state index contributed by atoms with van der Waals surface area (Å²) >= 11 is 2.22. The summed E-state index contributed by atoms with van der Waals surface area (Å²) < 4.78 is 11.5. The fourth-order valence-electron chi connectivity index (χ4n) is 0.959. The van der Waals surface area contributed by atoms with Crippen LogP contribution in [0, 0.1) is 10.5 Å². The van der Waals surface area contributed by atoms with Crippen molar-refractivity contribution < 1.29 is 9.47 Å². The van der Waals surface area contributed by atoms with Gasteiger partial charge in [-0.25, -0.2) is 0 Å². The van der Waals surface area contributed by atoms with E-state index in [0.717, 1.165) is 20.6 Å². The summed E-state index contributed by atoms with van der Waals surface area (Å²) in [5.41, 5.74) is 0.981. The standard InChI is InChI=1S/C8H6IO2/c1-5-2-7-8(3-6(5)9)11-4-10-7/h2-3H,1,4H2. The van der Waals surface area contributed by atoms with E-state index in [2.05, 4.69) is 29.5 Å². The molecular weight excluding hydrogens is 255 g/mol. The van der Waals surface area contributed by atoms with Gasteiger partial charge in [0, 0.05) is 3.57 Å². The molecule has 1 heterocycles. The van der Waals surface area contributed by atoms with Crippen LogP contribution < -0.4 is 9.47 Å². The molecule has 0 atom stereocenters. The van der Waals surface area contributed by atoms with Gasteiger partial charge in [-0.05, 0) is 47.2 Å². The Bertz CT molecular complexity index is 267. The van der Waals surface area contributed by atoms with E-state index in [-0.39, 0.29) is 0 Å². The van der Waals surface area contributed by atoms with Crippen molar-refractivity contribution in [3.63, 3.8) is 0 Å². The van der Waals surface area contributed by atoms with E-state index >= 15 is 0 Å². The molecule has 0 aliphatic carbocycles. The van der Waals surface area contributed by atoms with E-state index in [1.54, 1.807) is 0 Å². The minimum absolute atomic E-state index is 0.328. The number of benzene rings is 1. The zero-order valence-electron chi connectivity index (χ0n) is 5.76. The highest BCUT2D eigenvalue weighted by molar-refractivity contribution is 14.1. The highest BCUT2D eigenvalue weighted by Gasteiger charge is 2.14. The Hall–Kier alpha value is -0.450. The van der Waals surface area contributed by atoms with Crippen LogP contribution in [0.3, 0.4) is 0 Å². The SMILES string of the molecule is [CH2]c1cc2c(cc1I)OCO2. The summed E-state index contributed by atoms with van der Waals surface area (Å²) in [7, 11) is 0. The van der Waals surface area contributed by atoms with Crippen molar-refractivity contribution in [2.24, 2.45) is 0 Å². The first-order chi connectivity index (χ1) is 5.27. The molecule has 0 unspecified atom stereocenters. The second-order valence-electron chi connectivity index (χ2n) is 2.30. The molecule has 0 aromatic heterocycles. The average Bonchev–Trinajstić information content (AvgIpc) is 2.36. The number of ether oxygens (including phenoxy) is 2. The summed E-state index contributed by atoms with van der Waals surface area (Å²) in [6.07, 6.45) is 0. The van der Waals surface area contributed by atoms with Gasteiger partial charge < -0.3 is 9.47 Å². The molecule has 2 rings (SSSR count). The first-order valence-electron chi connectivity index (χ1n) is 3.18. The molecule has 57 valence electrons. The van der Waals surface area contributed by atoms with Crippen LogP contribution in [0.4, 0.5) is 0 Å². The Kier molecular flexibility index (Phi) is 1.67. The van der Waals surface area contributed by atoms with Gasteiger partial charge in [0.25, 0.3) is 0 Å². The van der Waals surface area contributed by atoms with Gasteiger partial charge in [-0.15, -0.1) is 0 Å². The largest absolute Gasteiger partial charge is 0.454 e. The number of fused-ring (bicyclic) bond motifs is 1. The van der Waals surface area contributed by atoms with Gasteiger partial charge in [-0.3, -0.25) is 0 Å². The van der Waals surface area contributed by atoms with Crippen molar-refractivity contribution >= 4 is 22.6 Å². The van der Waals surface area contributed by atoms with E-state index < -0.39 is 0 Å². The molecule has 0 saturated heterocycles. The van der Waals surface area contributed by atoms with Gasteiger partial charge in [0.2, 0.25) is 6.79 Å². The number of rotatable bonds is 0. The maximum Gasteiger partial charge on any atom is 0.231 e. The molecule has 1 aliphatic heterocycles. The van der Waals surface area contributed by atoms with Gasteiger partial charge >= 0.3 is 0 Å². The first-order valence-corrected chi connectivity index (χ1v) is 4.26. The highest BCUT2D eigenvalue weighted by Crippen LogP contribution is 2.34. The smallest absolute Gasteiger partial charge is 0.231 e. The van der Waals surface area contributed by atoms with Gasteiger partial charge in [-0.2, -0.15) is 0 Å². The van der Waals surface area contributed by atoms with Gasteiger partial charge in [-0.1, -0.05) is 0 Å². The summed E-state index contributed by atoms with van der Waals surface area (Å²) in [4.78, 5) is 0. The Morgan fingerprint density at radius 3 is 2.64 bits per heavy atom. The topological polar surface area (TPSA) is 18.5 Å². The van der Waals surface area contributed by atoms with Crippen molar-refractivity contribution in [3.05, 3.63) is 28.2 Å². The normalized spacial score (nSPS) is 13.6. The molecule has 3 heteroatoms. The molecule has 0 N–H and O–H groups in total. The van der Waals surface area contributed by atoms with Crippen LogP contribution in [0.1, 0.15) is 5.56 Å². The maximum absolute atomic E-state index is 5.18. The summed E-state index contributed by atoms with van der Waals surface area (Å²) in [5.74, 6) is 1.62. The molecule has 1 aliphatic rings. The number of hydrogen-bond acceptors (Lipinski definition) is 2. The van der Waals surface area contributed by atoms with Crippen LogP contribution in [0.2, 0.25) is 0 Å². The van der Waals surface area contributed by atoms with Crippen LogP contribution >= 0.6 is 22.6 Å². The Morgan fingerprint density at radius 1 is 1.27 bits per heavy atom. The second-order valence-corrected chi connectivity index (χ2v) is 3.46. The highest BCUT2D eigenvalue weighted by atomic mass is 127. The van der Waals surface area contributed by atoms with E-state index in [1.165, 1.54) is 0 Å². The zero-order chi connectivity index (χ0) is 7.84. The zero-order valence-corrected chi connectivity index (χ0v) is 7.92. The van der Waals surface area contributed by atoms with E-state index in [9.17, 15) is 0 Å². The van der Waals surface area contributed by atoms with Crippen molar-refractivity contribution in [2.45, 2.75) is 0 Å². The quantitative estimate of drug-likeness (QED) is 0.666. The molecule has 1 radical (unpaired) electrons. The second kappa shape index (κ2) is 2.55. The molecule has 0 spiro atoms. The molecule has 0 fully saturated rings. The Labute approximate surface area is 78.6 Å². The van der Waals surface area contributed by atoms with E-state index in [4.69, 9.17) is 9.47 Å². The average molecular weight is 261 g/mol. The third kappa shape index (κ3) is 1.17. The van der Waals surface area contributed by atoms with Crippen LogP contribution in [-0.2, 0) is 0 Å². The fourth-order valence-corrected chi connectivity index (χ4v) is 1.40. The lowest BCUT2D eigenvalue weighted by Crippen LogP contribution is -1.92. The van der Waals surface area contributed by atoms with Gasteiger partial charge in [0.05, 0.1) is 0 Å². The summed E-state index contributed by atoms with van der Waals surface area (Å²) in [6.45, 7) is 4.18. The predicted octanol–water partition coefficient (Wildman–Crippen LogP) is 2.20. The van der Waals surface area contributed by atoms with E-state index in [1.807, 2.05) is 12.1 Å². The third-order valence-electron chi connectivity index (χ3n) is 1.54. The van der Waals surface area contributed by atoms with Crippen LogP contribution in [0.5, 0.6) is 11.5 Å². The van der Waals surface area contributed by atoms with Crippen molar-refractivity contribution in [1.29, 1.82) is 0 Å². The monoisotopic (exact) mass is 261 g/mol. The lowest BCUT2D eigenvalue weighted by molar-refractivity contribution is 0.174. The lowest BCUT2D eigenvalue weighted by atomic mass is 10.2.